The summed E-state index contributed by atoms with van der Waals surface area (Å²) in [5, 5.41) is 0. The summed E-state index contributed by atoms with van der Waals surface area (Å²) in [6.45, 7) is 2.67. The number of benzene rings is 2. The number of methoxy groups -OCH3 is 1. The molecule has 24 heavy (non-hydrogen) atoms. The molecule has 0 atom stereocenters. The minimum absolute atomic E-state index is 0.204. The molecule has 0 aromatic heterocycles. The Bertz CT molecular complexity index is 748. The van der Waals surface area contributed by atoms with E-state index in [1.54, 1.807) is 13.3 Å². The van der Waals surface area contributed by atoms with Gasteiger partial charge in [0.25, 0.3) is 0 Å². The summed E-state index contributed by atoms with van der Waals surface area (Å²) in [6, 6.07) is 11.4. The van der Waals surface area contributed by atoms with E-state index in [1.165, 1.54) is 0 Å². The molecule has 2 aromatic rings. The molecule has 4 nitrogen and oxygen atoms in total. The SMILES string of the molecule is C#CCOc1c(I)cc(C=Nc2ccc(OC)cc2)cc1OCC. The molecule has 124 valence electrons. The quantitative estimate of drug-likeness (QED) is 0.366. The van der Waals surface area contributed by atoms with Crippen LogP contribution >= 0.6 is 22.6 Å². The molecule has 0 saturated heterocycles. The van der Waals surface area contributed by atoms with Crippen LogP contribution in [0.15, 0.2) is 41.4 Å². The Morgan fingerprint density at radius 3 is 2.58 bits per heavy atom. The fraction of sp³-hybridized carbons (Fsp3) is 0.211. The average molecular weight is 435 g/mol. The zero-order valence-corrected chi connectivity index (χ0v) is 15.7. The first-order valence-electron chi connectivity index (χ1n) is 7.38. The van der Waals surface area contributed by atoms with Crippen molar-refractivity contribution < 1.29 is 14.2 Å². The third-order valence-electron chi connectivity index (χ3n) is 3.07. The topological polar surface area (TPSA) is 40.0 Å². The van der Waals surface area contributed by atoms with Gasteiger partial charge in [0.15, 0.2) is 11.5 Å². The van der Waals surface area contributed by atoms with Crippen LogP contribution in [0.4, 0.5) is 5.69 Å². The number of hydrogen-bond donors (Lipinski definition) is 0. The second-order valence-corrected chi connectivity index (χ2v) is 5.87. The van der Waals surface area contributed by atoms with Gasteiger partial charge in [-0.3, -0.25) is 4.99 Å². The number of rotatable bonds is 7. The van der Waals surface area contributed by atoms with Gasteiger partial charge >= 0.3 is 0 Å². The van der Waals surface area contributed by atoms with Crippen LogP contribution in [0, 0.1) is 15.9 Å². The third-order valence-corrected chi connectivity index (χ3v) is 3.87. The van der Waals surface area contributed by atoms with Gasteiger partial charge in [0.1, 0.15) is 12.4 Å². The molecular weight excluding hydrogens is 417 g/mol. The summed E-state index contributed by atoms with van der Waals surface area (Å²) in [4.78, 5) is 4.47. The van der Waals surface area contributed by atoms with Crippen LogP contribution in [0.3, 0.4) is 0 Å². The molecule has 0 aliphatic heterocycles. The van der Waals surface area contributed by atoms with Gasteiger partial charge in [-0.1, -0.05) is 5.92 Å². The molecule has 0 spiro atoms. The van der Waals surface area contributed by atoms with E-state index in [0.29, 0.717) is 18.1 Å². The molecule has 0 unspecified atom stereocenters. The Morgan fingerprint density at radius 1 is 1.21 bits per heavy atom. The van der Waals surface area contributed by atoms with Gasteiger partial charge < -0.3 is 14.2 Å². The fourth-order valence-corrected chi connectivity index (χ4v) is 2.78. The van der Waals surface area contributed by atoms with Crippen molar-refractivity contribution in [1.82, 2.24) is 0 Å². The van der Waals surface area contributed by atoms with Crippen LogP contribution in [0.1, 0.15) is 12.5 Å². The molecule has 0 saturated carbocycles. The first-order chi connectivity index (χ1) is 11.7. The average Bonchev–Trinajstić information content (AvgIpc) is 2.60. The molecule has 0 bridgehead atoms. The van der Waals surface area contributed by atoms with E-state index >= 15 is 0 Å². The zero-order valence-electron chi connectivity index (χ0n) is 13.6. The van der Waals surface area contributed by atoms with Crippen molar-refractivity contribution in [3.8, 4) is 29.6 Å². The van der Waals surface area contributed by atoms with Crippen LogP contribution in [0.5, 0.6) is 17.2 Å². The number of nitrogens with zero attached hydrogens (tertiary/aromatic N) is 1. The number of aliphatic imine (C=N–C) groups is 1. The Balaban J connectivity index is 2.26. The molecule has 5 heteroatoms. The summed E-state index contributed by atoms with van der Waals surface area (Å²) in [6.07, 6.45) is 7.05. The van der Waals surface area contributed by atoms with E-state index in [0.717, 1.165) is 20.6 Å². The van der Waals surface area contributed by atoms with E-state index in [-0.39, 0.29) is 6.61 Å². The molecule has 0 fully saturated rings. The van der Waals surface area contributed by atoms with Gasteiger partial charge in [-0.15, -0.1) is 6.42 Å². The maximum atomic E-state index is 5.66. The van der Waals surface area contributed by atoms with Crippen LogP contribution in [0.25, 0.3) is 0 Å². The summed E-state index contributed by atoms with van der Waals surface area (Å²) < 4.78 is 17.3. The molecule has 0 aliphatic carbocycles. The Kier molecular flexibility index (Phi) is 6.94. The van der Waals surface area contributed by atoms with Crippen molar-refractivity contribution in [2.75, 3.05) is 20.3 Å². The van der Waals surface area contributed by atoms with Crippen molar-refractivity contribution in [3.05, 3.63) is 45.5 Å². The van der Waals surface area contributed by atoms with Crippen LogP contribution in [-0.2, 0) is 0 Å². The fourth-order valence-electron chi connectivity index (χ4n) is 2.00. The maximum Gasteiger partial charge on any atom is 0.175 e. The van der Waals surface area contributed by atoms with Crippen molar-refractivity contribution >= 4 is 34.5 Å². The van der Waals surface area contributed by atoms with Gasteiger partial charge in [-0.05, 0) is 71.5 Å². The van der Waals surface area contributed by atoms with Gasteiger partial charge in [0.2, 0.25) is 0 Å². The largest absolute Gasteiger partial charge is 0.497 e. The highest BCUT2D eigenvalue weighted by Crippen LogP contribution is 2.34. The lowest BCUT2D eigenvalue weighted by molar-refractivity contribution is 0.298. The number of hydrogen-bond acceptors (Lipinski definition) is 4. The number of terminal acetylenes is 1. The number of ether oxygens (including phenoxy) is 3. The Morgan fingerprint density at radius 2 is 1.96 bits per heavy atom. The standard InChI is InChI=1S/C19H18INO3/c1-4-10-24-19-17(20)11-14(12-18(19)23-5-2)13-21-15-6-8-16(22-3)9-7-15/h1,6-9,11-13H,5,10H2,2-3H3. The third kappa shape index (κ3) is 4.90. The Labute approximate surface area is 156 Å². The summed E-state index contributed by atoms with van der Waals surface area (Å²) >= 11 is 2.20. The predicted octanol–water partition coefficient (Wildman–Crippen LogP) is 4.46. The van der Waals surface area contributed by atoms with Crippen molar-refractivity contribution in [2.45, 2.75) is 6.92 Å². The predicted molar refractivity (Wildman–Crippen MR) is 105 cm³/mol. The summed E-state index contributed by atoms with van der Waals surface area (Å²) in [7, 11) is 1.64. The van der Waals surface area contributed by atoms with Gasteiger partial charge in [0, 0.05) is 6.21 Å². The lowest BCUT2D eigenvalue weighted by Gasteiger charge is -2.13. The van der Waals surface area contributed by atoms with Crippen LogP contribution in [0.2, 0.25) is 0 Å². The van der Waals surface area contributed by atoms with Crippen molar-refractivity contribution in [3.63, 3.8) is 0 Å². The molecule has 0 amide bonds. The lowest BCUT2D eigenvalue weighted by Crippen LogP contribution is -2.02. The Hall–Kier alpha value is -2.20. The van der Waals surface area contributed by atoms with Crippen molar-refractivity contribution in [1.29, 1.82) is 0 Å². The van der Waals surface area contributed by atoms with Gasteiger partial charge in [-0.25, -0.2) is 0 Å². The molecule has 2 rings (SSSR count). The second-order valence-electron chi connectivity index (χ2n) is 4.71. The molecule has 2 aromatic carbocycles. The molecule has 0 aliphatic rings. The molecule has 0 radical (unpaired) electrons. The molecule has 0 N–H and O–H groups in total. The minimum Gasteiger partial charge on any atom is -0.497 e. The first-order valence-corrected chi connectivity index (χ1v) is 8.46. The van der Waals surface area contributed by atoms with E-state index in [4.69, 9.17) is 20.6 Å². The second kappa shape index (κ2) is 9.18. The summed E-state index contributed by atoms with van der Waals surface area (Å²) in [5.41, 5.74) is 1.77. The monoisotopic (exact) mass is 435 g/mol. The van der Waals surface area contributed by atoms with Crippen LogP contribution in [-0.4, -0.2) is 26.5 Å². The highest BCUT2D eigenvalue weighted by atomic mass is 127. The normalized spacial score (nSPS) is 10.4. The maximum absolute atomic E-state index is 5.66. The lowest BCUT2D eigenvalue weighted by atomic mass is 10.2. The van der Waals surface area contributed by atoms with E-state index < -0.39 is 0 Å². The van der Waals surface area contributed by atoms with Gasteiger partial charge in [-0.2, -0.15) is 0 Å². The zero-order chi connectivity index (χ0) is 17.4. The van der Waals surface area contributed by atoms with Crippen LogP contribution < -0.4 is 14.2 Å². The van der Waals surface area contributed by atoms with E-state index in [2.05, 4.69) is 33.5 Å². The van der Waals surface area contributed by atoms with E-state index in [1.807, 2.05) is 43.3 Å². The smallest absolute Gasteiger partial charge is 0.175 e. The minimum atomic E-state index is 0.204. The van der Waals surface area contributed by atoms with E-state index in [9.17, 15) is 0 Å². The molecular formula is C19H18INO3. The number of halogens is 1. The summed E-state index contributed by atoms with van der Waals surface area (Å²) in [5.74, 6) is 4.60. The molecule has 0 heterocycles. The highest BCUT2D eigenvalue weighted by molar-refractivity contribution is 14.1. The first kappa shape index (κ1) is 18.1. The highest BCUT2D eigenvalue weighted by Gasteiger charge is 2.11. The van der Waals surface area contributed by atoms with Crippen molar-refractivity contribution in [2.24, 2.45) is 4.99 Å². The van der Waals surface area contributed by atoms with Gasteiger partial charge in [0.05, 0.1) is 23.0 Å².